The Morgan fingerprint density at radius 2 is 1.63 bits per heavy atom. The molecule has 0 radical (unpaired) electrons. The van der Waals surface area contributed by atoms with Crippen LogP contribution >= 0.6 is 0 Å². The predicted octanol–water partition coefficient (Wildman–Crippen LogP) is 3.70. The average molecular weight is 370 g/mol. The van der Waals surface area contributed by atoms with E-state index in [9.17, 15) is 14.0 Å². The van der Waals surface area contributed by atoms with Crippen molar-refractivity contribution < 1.29 is 14.0 Å². The van der Waals surface area contributed by atoms with Crippen molar-refractivity contribution in [3.8, 4) is 0 Å². The van der Waals surface area contributed by atoms with Crippen LogP contribution in [0.2, 0.25) is 0 Å². The third-order valence-electron chi connectivity index (χ3n) is 4.63. The van der Waals surface area contributed by atoms with Crippen LogP contribution in [-0.4, -0.2) is 28.8 Å². The summed E-state index contributed by atoms with van der Waals surface area (Å²) in [6.07, 6.45) is 0.939. The Balaban J connectivity index is 2.18. The van der Waals surface area contributed by atoms with E-state index in [0.29, 0.717) is 12.1 Å². The van der Waals surface area contributed by atoms with Crippen LogP contribution in [-0.2, 0) is 22.6 Å². The molecular weight excluding hydrogens is 343 g/mol. The molecule has 144 valence electrons. The third-order valence-corrected chi connectivity index (χ3v) is 4.63. The summed E-state index contributed by atoms with van der Waals surface area (Å²) in [5.41, 5.74) is 1.67. The second-order valence-electron chi connectivity index (χ2n) is 6.80. The summed E-state index contributed by atoms with van der Waals surface area (Å²) in [4.78, 5) is 27.1. The first kappa shape index (κ1) is 20.6. The molecule has 0 spiro atoms. The Kier molecular flexibility index (Phi) is 7.53. The van der Waals surface area contributed by atoms with Gasteiger partial charge in [0.15, 0.2) is 0 Å². The summed E-state index contributed by atoms with van der Waals surface area (Å²) in [7, 11) is 0. The van der Waals surface area contributed by atoms with Crippen molar-refractivity contribution in [2.24, 2.45) is 0 Å². The Morgan fingerprint density at radius 1 is 1.00 bits per heavy atom. The van der Waals surface area contributed by atoms with Gasteiger partial charge in [-0.15, -0.1) is 0 Å². The van der Waals surface area contributed by atoms with Crippen molar-refractivity contribution in [2.45, 2.75) is 52.2 Å². The number of rotatable bonds is 8. The van der Waals surface area contributed by atoms with Gasteiger partial charge in [-0.05, 0) is 43.5 Å². The smallest absolute Gasteiger partial charge is 0.242 e. The minimum absolute atomic E-state index is 0.0470. The maximum absolute atomic E-state index is 13.1. The first-order valence-corrected chi connectivity index (χ1v) is 9.29. The molecular formula is C22H27FN2O2. The molecule has 0 aliphatic carbocycles. The monoisotopic (exact) mass is 370 g/mol. The van der Waals surface area contributed by atoms with Crippen LogP contribution in [0.15, 0.2) is 54.6 Å². The minimum atomic E-state index is -0.604. The Labute approximate surface area is 160 Å². The number of halogens is 1. The van der Waals surface area contributed by atoms with E-state index in [1.807, 2.05) is 44.2 Å². The van der Waals surface area contributed by atoms with E-state index in [2.05, 4.69) is 5.32 Å². The highest BCUT2D eigenvalue weighted by atomic mass is 19.1. The largest absolute Gasteiger partial charge is 0.352 e. The van der Waals surface area contributed by atoms with Gasteiger partial charge in [-0.2, -0.15) is 0 Å². The SMILES string of the molecule is CC[C@H](C)NC(=O)[C@@H](C)N(Cc1ccccc1)C(=O)Cc1ccc(F)cc1. The molecule has 0 unspecified atom stereocenters. The topological polar surface area (TPSA) is 49.4 Å². The first-order valence-electron chi connectivity index (χ1n) is 9.29. The molecule has 27 heavy (non-hydrogen) atoms. The van der Waals surface area contributed by atoms with E-state index < -0.39 is 6.04 Å². The van der Waals surface area contributed by atoms with Gasteiger partial charge < -0.3 is 10.2 Å². The Bertz CT molecular complexity index is 747. The van der Waals surface area contributed by atoms with Crippen molar-refractivity contribution in [3.63, 3.8) is 0 Å². The first-order chi connectivity index (χ1) is 12.9. The van der Waals surface area contributed by atoms with Crippen molar-refractivity contribution in [1.29, 1.82) is 0 Å². The lowest BCUT2D eigenvalue weighted by atomic mass is 10.1. The van der Waals surface area contributed by atoms with Gasteiger partial charge in [-0.1, -0.05) is 49.4 Å². The number of hydrogen-bond acceptors (Lipinski definition) is 2. The molecule has 0 bridgehead atoms. The number of nitrogens with one attached hydrogen (secondary N) is 1. The molecule has 0 aliphatic heterocycles. The highest BCUT2D eigenvalue weighted by Crippen LogP contribution is 2.13. The lowest BCUT2D eigenvalue weighted by molar-refractivity contribution is -0.140. The summed E-state index contributed by atoms with van der Waals surface area (Å²) >= 11 is 0. The van der Waals surface area contributed by atoms with Gasteiger partial charge in [0.05, 0.1) is 6.42 Å². The number of nitrogens with zero attached hydrogens (tertiary/aromatic N) is 1. The summed E-state index contributed by atoms with van der Waals surface area (Å²) in [5, 5.41) is 2.94. The van der Waals surface area contributed by atoms with Crippen molar-refractivity contribution in [1.82, 2.24) is 10.2 Å². The lowest BCUT2D eigenvalue weighted by Crippen LogP contribution is -2.49. The minimum Gasteiger partial charge on any atom is -0.352 e. The van der Waals surface area contributed by atoms with Crippen LogP contribution in [0.3, 0.4) is 0 Å². The van der Waals surface area contributed by atoms with Gasteiger partial charge >= 0.3 is 0 Å². The van der Waals surface area contributed by atoms with Crippen LogP contribution < -0.4 is 5.32 Å². The zero-order chi connectivity index (χ0) is 19.8. The average Bonchev–Trinajstić information content (AvgIpc) is 2.67. The zero-order valence-corrected chi connectivity index (χ0v) is 16.1. The van der Waals surface area contributed by atoms with E-state index >= 15 is 0 Å². The van der Waals surface area contributed by atoms with Gasteiger partial charge in [-0.25, -0.2) is 4.39 Å². The molecule has 0 heterocycles. The van der Waals surface area contributed by atoms with Gasteiger partial charge in [0.2, 0.25) is 11.8 Å². The molecule has 2 atom stereocenters. The number of carbonyl (C=O) groups excluding carboxylic acids is 2. The molecule has 0 aromatic heterocycles. The fourth-order valence-corrected chi connectivity index (χ4v) is 2.71. The molecule has 0 fully saturated rings. The standard InChI is InChI=1S/C22H27FN2O2/c1-4-16(2)24-22(27)17(3)25(15-19-8-6-5-7-9-19)21(26)14-18-10-12-20(23)13-11-18/h5-13,16-17H,4,14-15H2,1-3H3,(H,24,27)/t16-,17+/m0/s1. The van der Waals surface area contributed by atoms with E-state index in [4.69, 9.17) is 0 Å². The van der Waals surface area contributed by atoms with Crippen molar-refractivity contribution in [2.75, 3.05) is 0 Å². The molecule has 2 rings (SSSR count). The molecule has 2 aromatic rings. The predicted molar refractivity (Wildman–Crippen MR) is 104 cm³/mol. The fourth-order valence-electron chi connectivity index (χ4n) is 2.71. The maximum atomic E-state index is 13.1. The maximum Gasteiger partial charge on any atom is 0.242 e. The molecule has 5 heteroatoms. The molecule has 0 saturated carbocycles. The molecule has 4 nitrogen and oxygen atoms in total. The molecule has 0 aliphatic rings. The van der Waals surface area contributed by atoms with Crippen molar-refractivity contribution >= 4 is 11.8 Å². The van der Waals surface area contributed by atoms with Crippen LogP contribution in [0.5, 0.6) is 0 Å². The quantitative estimate of drug-likeness (QED) is 0.770. The van der Waals surface area contributed by atoms with E-state index in [-0.39, 0.29) is 30.1 Å². The Hall–Kier alpha value is -2.69. The normalized spacial score (nSPS) is 12.9. The highest BCUT2D eigenvalue weighted by molar-refractivity contribution is 5.88. The van der Waals surface area contributed by atoms with Gasteiger partial charge in [0, 0.05) is 12.6 Å². The highest BCUT2D eigenvalue weighted by Gasteiger charge is 2.26. The summed E-state index contributed by atoms with van der Waals surface area (Å²) in [5.74, 6) is -0.682. The Morgan fingerprint density at radius 3 is 2.22 bits per heavy atom. The number of carbonyl (C=O) groups is 2. The second-order valence-corrected chi connectivity index (χ2v) is 6.80. The van der Waals surface area contributed by atoms with E-state index in [1.165, 1.54) is 12.1 Å². The summed E-state index contributed by atoms with van der Waals surface area (Å²) in [6.45, 7) is 6.02. The second kappa shape index (κ2) is 9.86. The van der Waals surface area contributed by atoms with Gasteiger partial charge in [-0.3, -0.25) is 9.59 Å². The van der Waals surface area contributed by atoms with Crippen LogP contribution in [0.4, 0.5) is 4.39 Å². The molecule has 0 saturated heterocycles. The lowest BCUT2D eigenvalue weighted by Gasteiger charge is -2.29. The fraction of sp³-hybridized carbons (Fsp3) is 0.364. The van der Waals surface area contributed by atoms with Crippen LogP contribution in [0, 0.1) is 5.82 Å². The van der Waals surface area contributed by atoms with E-state index in [0.717, 1.165) is 12.0 Å². The summed E-state index contributed by atoms with van der Waals surface area (Å²) in [6, 6.07) is 14.9. The number of hydrogen-bond donors (Lipinski definition) is 1. The molecule has 2 aromatic carbocycles. The van der Waals surface area contributed by atoms with Crippen LogP contribution in [0.1, 0.15) is 38.3 Å². The zero-order valence-electron chi connectivity index (χ0n) is 16.1. The van der Waals surface area contributed by atoms with Gasteiger partial charge in [0.25, 0.3) is 0 Å². The van der Waals surface area contributed by atoms with Gasteiger partial charge in [0.1, 0.15) is 11.9 Å². The van der Waals surface area contributed by atoms with E-state index in [1.54, 1.807) is 24.0 Å². The summed E-state index contributed by atoms with van der Waals surface area (Å²) < 4.78 is 13.1. The molecule has 2 amide bonds. The van der Waals surface area contributed by atoms with Crippen LogP contribution in [0.25, 0.3) is 0 Å². The third kappa shape index (κ3) is 6.20. The van der Waals surface area contributed by atoms with Crippen molar-refractivity contribution in [3.05, 3.63) is 71.5 Å². The molecule has 1 N–H and O–H groups in total. The number of benzene rings is 2. The number of amides is 2.